The first-order valence-electron chi connectivity index (χ1n) is 5.88. The molecule has 0 atom stereocenters. The molecule has 0 spiro atoms. The van der Waals surface area contributed by atoms with Crippen LogP contribution in [0.3, 0.4) is 0 Å². The molecule has 0 aliphatic heterocycles. The van der Waals surface area contributed by atoms with Crippen LogP contribution in [0.2, 0.25) is 0 Å². The number of aromatic amines is 1. The van der Waals surface area contributed by atoms with Crippen LogP contribution in [-0.2, 0) is 6.54 Å². The fourth-order valence-electron chi connectivity index (χ4n) is 2.03. The van der Waals surface area contributed by atoms with Crippen LogP contribution in [0.25, 0.3) is 11.4 Å². The van der Waals surface area contributed by atoms with Crippen molar-refractivity contribution in [2.24, 2.45) is 5.92 Å². The van der Waals surface area contributed by atoms with Crippen LogP contribution in [0.4, 0.5) is 0 Å². The van der Waals surface area contributed by atoms with Crippen LogP contribution in [-0.4, -0.2) is 24.7 Å². The number of H-pyrrole nitrogens is 1. The van der Waals surface area contributed by atoms with E-state index in [1.807, 2.05) is 18.5 Å². The van der Waals surface area contributed by atoms with Crippen molar-refractivity contribution in [2.45, 2.75) is 34.2 Å². The lowest BCUT2D eigenvalue weighted by molar-refractivity contribution is 0.473. The fraction of sp³-hybridized carbons (Fsp3) is 0.545. The maximum atomic E-state index is 5.86. The third-order valence-corrected chi connectivity index (χ3v) is 3.14. The minimum atomic E-state index is 0.403. The first-order valence-corrected chi connectivity index (χ1v) is 6.29. The first kappa shape index (κ1) is 12.8. The molecule has 2 aromatic rings. The normalized spacial score (nSPS) is 11.4. The van der Waals surface area contributed by atoms with Gasteiger partial charge in [-0.15, -0.1) is 0 Å². The molecule has 0 fully saturated rings. The summed E-state index contributed by atoms with van der Waals surface area (Å²) in [5.74, 6) is 7.03. The second kappa shape index (κ2) is 4.56. The molecule has 0 aliphatic rings. The quantitative estimate of drug-likeness (QED) is 0.656. The molecule has 0 unspecified atom stereocenters. The van der Waals surface area contributed by atoms with Gasteiger partial charge in [0, 0.05) is 12.2 Å². The van der Waals surface area contributed by atoms with Gasteiger partial charge >= 0.3 is 0 Å². The molecular formula is C11H18N6S. The van der Waals surface area contributed by atoms with Gasteiger partial charge < -0.3 is 5.84 Å². The van der Waals surface area contributed by atoms with E-state index in [0.29, 0.717) is 16.5 Å². The Kier molecular flexibility index (Phi) is 3.25. The van der Waals surface area contributed by atoms with Crippen molar-refractivity contribution < 1.29 is 0 Å². The Morgan fingerprint density at radius 2 is 2.06 bits per heavy atom. The second-order valence-corrected chi connectivity index (χ2v) is 5.23. The molecule has 6 nitrogen and oxygen atoms in total. The van der Waals surface area contributed by atoms with E-state index in [1.165, 1.54) is 4.68 Å². The smallest absolute Gasteiger partial charge is 0.214 e. The maximum Gasteiger partial charge on any atom is 0.214 e. The summed E-state index contributed by atoms with van der Waals surface area (Å²) in [7, 11) is 0. The van der Waals surface area contributed by atoms with Gasteiger partial charge in [0.2, 0.25) is 4.77 Å². The summed E-state index contributed by atoms with van der Waals surface area (Å²) in [4.78, 5) is 0. The number of hydrogen-bond donors (Lipinski definition) is 2. The van der Waals surface area contributed by atoms with Gasteiger partial charge in [-0.3, -0.25) is 4.68 Å². The van der Waals surface area contributed by atoms with E-state index in [4.69, 9.17) is 18.1 Å². The maximum absolute atomic E-state index is 5.86. The number of aryl methyl sites for hydroxylation is 1. The predicted octanol–water partition coefficient (Wildman–Crippen LogP) is 1.79. The summed E-state index contributed by atoms with van der Waals surface area (Å²) in [5.41, 5.74) is 2.92. The van der Waals surface area contributed by atoms with Crippen molar-refractivity contribution in [3.05, 3.63) is 16.2 Å². The Bertz CT molecular complexity index is 618. The van der Waals surface area contributed by atoms with Crippen molar-refractivity contribution >= 4 is 12.2 Å². The monoisotopic (exact) mass is 266 g/mol. The largest absolute Gasteiger partial charge is 0.335 e. The van der Waals surface area contributed by atoms with E-state index < -0.39 is 0 Å². The van der Waals surface area contributed by atoms with Gasteiger partial charge in [0.05, 0.1) is 11.3 Å². The summed E-state index contributed by atoms with van der Waals surface area (Å²) in [6.07, 6.45) is 0. The molecule has 0 aliphatic carbocycles. The van der Waals surface area contributed by atoms with Gasteiger partial charge in [0.15, 0.2) is 5.82 Å². The van der Waals surface area contributed by atoms with E-state index in [2.05, 4.69) is 29.1 Å². The Morgan fingerprint density at radius 3 is 2.56 bits per heavy atom. The summed E-state index contributed by atoms with van der Waals surface area (Å²) in [6, 6.07) is 0. The fourth-order valence-corrected chi connectivity index (χ4v) is 2.16. The molecule has 0 aromatic carbocycles. The van der Waals surface area contributed by atoms with Crippen LogP contribution >= 0.6 is 12.2 Å². The lowest BCUT2D eigenvalue weighted by Crippen LogP contribution is -2.11. The molecule has 7 heteroatoms. The number of hydrogen-bond acceptors (Lipinski definition) is 4. The summed E-state index contributed by atoms with van der Waals surface area (Å²) in [6.45, 7) is 9.18. The van der Waals surface area contributed by atoms with Crippen molar-refractivity contribution in [3.63, 3.8) is 0 Å². The van der Waals surface area contributed by atoms with Crippen molar-refractivity contribution in [1.82, 2.24) is 24.7 Å². The average molecular weight is 266 g/mol. The number of nitrogens with one attached hydrogen (secondary N) is 1. The molecule has 0 saturated heterocycles. The molecule has 0 saturated carbocycles. The molecular weight excluding hydrogens is 248 g/mol. The Labute approximate surface area is 111 Å². The van der Waals surface area contributed by atoms with Gasteiger partial charge in [0.25, 0.3) is 0 Å². The summed E-state index contributed by atoms with van der Waals surface area (Å²) < 4.78 is 3.78. The lowest BCUT2D eigenvalue weighted by Gasteiger charge is -2.07. The third-order valence-electron chi connectivity index (χ3n) is 2.85. The molecule has 98 valence electrons. The number of nitrogens with two attached hydrogens (primary N) is 1. The van der Waals surface area contributed by atoms with Crippen molar-refractivity contribution in [1.29, 1.82) is 0 Å². The number of nitrogen functional groups attached to an aromatic ring is 1. The van der Waals surface area contributed by atoms with Gasteiger partial charge in [0.1, 0.15) is 0 Å². The Balaban J connectivity index is 2.55. The van der Waals surface area contributed by atoms with Crippen LogP contribution in [0.15, 0.2) is 0 Å². The highest BCUT2D eigenvalue weighted by atomic mass is 32.1. The van der Waals surface area contributed by atoms with Gasteiger partial charge in [-0.2, -0.15) is 10.2 Å². The van der Waals surface area contributed by atoms with Crippen molar-refractivity contribution in [3.8, 4) is 11.4 Å². The average Bonchev–Trinajstić information content (AvgIpc) is 2.72. The highest BCUT2D eigenvalue weighted by molar-refractivity contribution is 7.71. The number of nitrogens with zero attached hydrogens (tertiary/aromatic N) is 4. The number of rotatable bonds is 3. The predicted molar refractivity (Wildman–Crippen MR) is 73.1 cm³/mol. The van der Waals surface area contributed by atoms with Crippen molar-refractivity contribution in [2.75, 3.05) is 5.84 Å². The zero-order valence-electron chi connectivity index (χ0n) is 11.1. The van der Waals surface area contributed by atoms with Crippen LogP contribution in [0, 0.1) is 24.5 Å². The van der Waals surface area contributed by atoms with Gasteiger partial charge in [-0.25, -0.2) is 9.77 Å². The molecule has 2 aromatic heterocycles. The number of aromatic nitrogens is 5. The summed E-state index contributed by atoms with van der Waals surface area (Å²) in [5, 5.41) is 11.4. The first-order chi connectivity index (χ1) is 8.41. The highest BCUT2D eigenvalue weighted by Crippen LogP contribution is 2.24. The molecule has 3 N–H and O–H groups in total. The van der Waals surface area contributed by atoms with Crippen LogP contribution < -0.4 is 5.84 Å². The minimum Gasteiger partial charge on any atom is -0.335 e. The van der Waals surface area contributed by atoms with Crippen LogP contribution in [0.1, 0.15) is 25.2 Å². The molecule has 0 amide bonds. The molecule has 2 rings (SSSR count). The van der Waals surface area contributed by atoms with Crippen LogP contribution in [0.5, 0.6) is 0 Å². The van der Waals surface area contributed by atoms with E-state index in [0.717, 1.165) is 23.5 Å². The van der Waals surface area contributed by atoms with E-state index in [1.54, 1.807) is 0 Å². The van der Waals surface area contributed by atoms with E-state index in [9.17, 15) is 0 Å². The summed E-state index contributed by atoms with van der Waals surface area (Å²) >= 11 is 5.03. The molecule has 2 heterocycles. The highest BCUT2D eigenvalue weighted by Gasteiger charge is 2.18. The standard InChI is InChI=1S/C11H18N6S/c1-6(2)5-16-8(4)9(7(3)15-16)10-13-14-11(18)17(10)12/h6H,5,12H2,1-4H3,(H,14,18). The second-order valence-electron chi connectivity index (χ2n) is 4.84. The topological polar surface area (TPSA) is 77.5 Å². The minimum absolute atomic E-state index is 0.403. The molecule has 0 bridgehead atoms. The van der Waals surface area contributed by atoms with Gasteiger partial charge in [-0.1, -0.05) is 13.8 Å². The zero-order valence-corrected chi connectivity index (χ0v) is 11.9. The lowest BCUT2D eigenvalue weighted by atomic mass is 10.2. The Morgan fingerprint density at radius 1 is 1.39 bits per heavy atom. The zero-order chi connectivity index (χ0) is 13.4. The Hall–Kier alpha value is -1.63. The SMILES string of the molecule is Cc1nn(CC(C)C)c(C)c1-c1n[nH]c(=S)n1N. The van der Waals surface area contributed by atoms with Gasteiger partial charge in [-0.05, 0) is 32.0 Å². The van der Waals surface area contributed by atoms with E-state index in [-0.39, 0.29) is 0 Å². The third kappa shape index (κ3) is 2.05. The molecule has 0 radical (unpaired) electrons. The van der Waals surface area contributed by atoms with E-state index >= 15 is 0 Å². The molecule has 18 heavy (non-hydrogen) atoms.